The number of aliphatic hydroxyl groups excluding tert-OH is 1. The second-order valence-corrected chi connectivity index (χ2v) is 6.59. The Morgan fingerprint density at radius 1 is 1.32 bits per heavy atom. The van der Waals surface area contributed by atoms with Crippen LogP contribution in [-0.2, 0) is 4.74 Å². The lowest BCUT2D eigenvalue weighted by Gasteiger charge is -2.37. The van der Waals surface area contributed by atoms with E-state index < -0.39 is 0 Å². The smallest absolute Gasteiger partial charge is 0.0897 e. The van der Waals surface area contributed by atoms with Crippen LogP contribution >= 0.6 is 0 Å². The molecule has 0 aromatic heterocycles. The van der Waals surface area contributed by atoms with Crippen LogP contribution in [0.1, 0.15) is 38.5 Å². The van der Waals surface area contributed by atoms with E-state index in [1.807, 2.05) is 0 Å². The molecule has 0 aromatic rings. The summed E-state index contributed by atoms with van der Waals surface area (Å²) in [6.07, 6.45) is 7.42. The third kappa shape index (κ3) is 4.71. The minimum absolute atomic E-state index is 0.300. The number of nitrogens with zero attached hydrogens (tertiary/aromatic N) is 1. The fourth-order valence-electron chi connectivity index (χ4n) is 3.00. The summed E-state index contributed by atoms with van der Waals surface area (Å²) in [4.78, 5) is 2.35. The van der Waals surface area contributed by atoms with Crippen molar-refractivity contribution in [2.75, 3.05) is 40.4 Å². The molecule has 2 saturated carbocycles. The Bertz CT molecular complexity index is 261. The summed E-state index contributed by atoms with van der Waals surface area (Å²) >= 11 is 0. The number of aliphatic hydroxyl groups is 1. The molecule has 19 heavy (non-hydrogen) atoms. The van der Waals surface area contributed by atoms with Gasteiger partial charge in [-0.25, -0.2) is 0 Å². The lowest BCUT2D eigenvalue weighted by Crippen LogP contribution is -2.50. The highest BCUT2D eigenvalue weighted by Crippen LogP contribution is 2.33. The first-order chi connectivity index (χ1) is 9.12. The summed E-state index contributed by atoms with van der Waals surface area (Å²) in [6, 6.07) is 0. The zero-order valence-corrected chi connectivity index (χ0v) is 12.5. The Morgan fingerprint density at radius 2 is 2.00 bits per heavy atom. The van der Waals surface area contributed by atoms with E-state index in [0.29, 0.717) is 18.7 Å². The van der Waals surface area contributed by atoms with Crippen LogP contribution in [0.2, 0.25) is 0 Å². The molecule has 0 bridgehead atoms. The summed E-state index contributed by atoms with van der Waals surface area (Å²) in [5.41, 5.74) is 0.300. The van der Waals surface area contributed by atoms with E-state index in [1.54, 1.807) is 0 Å². The van der Waals surface area contributed by atoms with E-state index in [9.17, 15) is 5.11 Å². The van der Waals surface area contributed by atoms with Gasteiger partial charge in [-0.05, 0) is 45.7 Å². The zero-order valence-electron chi connectivity index (χ0n) is 12.5. The molecule has 4 heteroatoms. The summed E-state index contributed by atoms with van der Waals surface area (Å²) in [5, 5.41) is 13.3. The minimum Gasteiger partial charge on any atom is -0.389 e. The van der Waals surface area contributed by atoms with Crippen molar-refractivity contribution in [1.29, 1.82) is 0 Å². The maximum Gasteiger partial charge on any atom is 0.0897 e. The molecule has 2 N–H and O–H groups in total. The van der Waals surface area contributed by atoms with Crippen molar-refractivity contribution in [3.63, 3.8) is 0 Å². The molecular formula is C15H30N2O2. The van der Waals surface area contributed by atoms with Gasteiger partial charge in [0.15, 0.2) is 0 Å². The molecule has 2 rings (SSSR count). The van der Waals surface area contributed by atoms with Gasteiger partial charge < -0.3 is 20.1 Å². The predicted octanol–water partition coefficient (Wildman–Crippen LogP) is 1.24. The maximum absolute atomic E-state index is 9.88. The molecule has 112 valence electrons. The summed E-state index contributed by atoms with van der Waals surface area (Å²) in [5.74, 6) is 0.774. The van der Waals surface area contributed by atoms with Crippen LogP contribution in [0.4, 0.5) is 0 Å². The van der Waals surface area contributed by atoms with E-state index >= 15 is 0 Å². The van der Waals surface area contributed by atoms with E-state index in [2.05, 4.69) is 24.3 Å². The number of ether oxygens (including phenoxy) is 1. The maximum atomic E-state index is 9.88. The van der Waals surface area contributed by atoms with Crippen molar-refractivity contribution in [2.24, 2.45) is 5.92 Å². The van der Waals surface area contributed by atoms with Gasteiger partial charge in [-0.3, -0.25) is 0 Å². The summed E-state index contributed by atoms with van der Waals surface area (Å²) in [6.45, 7) is 2.91. The molecule has 1 atom stereocenters. The molecule has 0 heterocycles. The second-order valence-electron chi connectivity index (χ2n) is 6.59. The SMILES string of the molecule is CN(C)C1(CNCC(O)COCC2CC2)CCCC1. The number of likely N-dealkylation sites (N-methyl/N-ethyl adjacent to an activating group) is 1. The first-order valence-electron chi connectivity index (χ1n) is 7.76. The molecule has 4 nitrogen and oxygen atoms in total. The summed E-state index contributed by atoms with van der Waals surface area (Å²) in [7, 11) is 4.34. The van der Waals surface area contributed by atoms with E-state index in [1.165, 1.54) is 38.5 Å². The lowest BCUT2D eigenvalue weighted by atomic mass is 9.96. The van der Waals surface area contributed by atoms with Gasteiger partial charge in [0, 0.05) is 25.2 Å². The number of hydrogen-bond donors (Lipinski definition) is 2. The van der Waals surface area contributed by atoms with Gasteiger partial charge in [-0.15, -0.1) is 0 Å². The Hall–Kier alpha value is -0.160. The third-order valence-corrected chi connectivity index (χ3v) is 4.68. The molecule has 2 aliphatic carbocycles. The van der Waals surface area contributed by atoms with Gasteiger partial charge in [0.1, 0.15) is 0 Å². The van der Waals surface area contributed by atoms with Crippen molar-refractivity contribution in [3.05, 3.63) is 0 Å². The van der Waals surface area contributed by atoms with Crippen LogP contribution in [0.25, 0.3) is 0 Å². The molecule has 2 aliphatic rings. The molecule has 0 amide bonds. The third-order valence-electron chi connectivity index (χ3n) is 4.68. The standard InChI is InChI=1S/C15H30N2O2/c1-17(2)15(7-3-4-8-15)12-16-9-14(18)11-19-10-13-5-6-13/h13-14,16,18H,3-12H2,1-2H3. The normalized spacial score (nSPS) is 24.0. The van der Waals surface area contributed by atoms with Crippen LogP contribution in [0.5, 0.6) is 0 Å². The first-order valence-corrected chi connectivity index (χ1v) is 7.76. The Kier molecular flexibility index (Phi) is 5.63. The minimum atomic E-state index is -0.376. The largest absolute Gasteiger partial charge is 0.389 e. The van der Waals surface area contributed by atoms with Gasteiger partial charge in [-0.2, -0.15) is 0 Å². The molecule has 2 fully saturated rings. The lowest BCUT2D eigenvalue weighted by molar-refractivity contribution is 0.0302. The molecule has 0 radical (unpaired) electrons. The van der Waals surface area contributed by atoms with Crippen molar-refractivity contribution in [3.8, 4) is 0 Å². The molecule has 0 spiro atoms. The van der Waals surface area contributed by atoms with Crippen molar-refractivity contribution < 1.29 is 9.84 Å². The Balaban J connectivity index is 1.58. The molecule has 0 saturated heterocycles. The average molecular weight is 270 g/mol. The Labute approximate surface area is 117 Å². The van der Waals surface area contributed by atoms with Gasteiger partial charge >= 0.3 is 0 Å². The van der Waals surface area contributed by atoms with Crippen molar-refractivity contribution >= 4 is 0 Å². The molecule has 1 unspecified atom stereocenters. The van der Waals surface area contributed by atoms with E-state index in [0.717, 1.165) is 19.1 Å². The quantitative estimate of drug-likeness (QED) is 0.662. The van der Waals surface area contributed by atoms with Crippen molar-refractivity contribution in [2.45, 2.75) is 50.2 Å². The van der Waals surface area contributed by atoms with Gasteiger partial charge in [0.25, 0.3) is 0 Å². The highest BCUT2D eigenvalue weighted by molar-refractivity contribution is 4.94. The van der Waals surface area contributed by atoms with Crippen LogP contribution in [0.15, 0.2) is 0 Å². The van der Waals surface area contributed by atoms with Crippen molar-refractivity contribution in [1.82, 2.24) is 10.2 Å². The van der Waals surface area contributed by atoms with Crippen LogP contribution in [0, 0.1) is 5.92 Å². The molecular weight excluding hydrogens is 240 g/mol. The fourth-order valence-corrected chi connectivity index (χ4v) is 3.00. The highest BCUT2D eigenvalue weighted by Gasteiger charge is 2.35. The summed E-state index contributed by atoms with van der Waals surface area (Å²) < 4.78 is 5.51. The fraction of sp³-hybridized carbons (Fsp3) is 1.00. The van der Waals surface area contributed by atoms with E-state index in [4.69, 9.17) is 4.74 Å². The van der Waals surface area contributed by atoms with Gasteiger partial charge in [0.05, 0.1) is 12.7 Å². The molecule has 0 aromatic carbocycles. The monoisotopic (exact) mass is 270 g/mol. The Morgan fingerprint density at radius 3 is 2.58 bits per heavy atom. The average Bonchev–Trinajstić information content (AvgIpc) is 3.05. The van der Waals surface area contributed by atoms with Crippen LogP contribution in [-0.4, -0.2) is 62.0 Å². The highest BCUT2D eigenvalue weighted by atomic mass is 16.5. The first kappa shape index (κ1) is 15.2. The van der Waals surface area contributed by atoms with Crippen LogP contribution in [0.3, 0.4) is 0 Å². The van der Waals surface area contributed by atoms with Gasteiger partial charge in [-0.1, -0.05) is 12.8 Å². The van der Waals surface area contributed by atoms with E-state index in [-0.39, 0.29) is 6.10 Å². The van der Waals surface area contributed by atoms with Gasteiger partial charge in [0.2, 0.25) is 0 Å². The van der Waals surface area contributed by atoms with Crippen LogP contribution < -0.4 is 5.32 Å². The number of hydrogen-bond acceptors (Lipinski definition) is 4. The molecule has 0 aliphatic heterocycles. The second kappa shape index (κ2) is 7.02. The number of rotatable bonds is 9. The zero-order chi connectivity index (χ0) is 13.7. The topological polar surface area (TPSA) is 44.7 Å². The number of nitrogens with one attached hydrogen (secondary N) is 1. The predicted molar refractivity (Wildman–Crippen MR) is 77.3 cm³/mol.